The molecule has 2 aromatic carbocycles. The van der Waals surface area contributed by atoms with Crippen molar-refractivity contribution in [3.05, 3.63) is 59.9 Å². The van der Waals surface area contributed by atoms with Gasteiger partial charge in [0.15, 0.2) is 11.0 Å². The number of para-hydroxylation sites is 2. The van der Waals surface area contributed by atoms with Crippen LogP contribution in [0.2, 0.25) is 0 Å². The lowest BCUT2D eigenvalue weighted by Crippen LogP contribution is -2.06. The topological polar surface area (TPSA) is 79.4 Å². The Bertz CT molecular complexity index is 1210. The second-order valence-corrected chi connectivity index (χ2v) is 7.60. The number of ether oxygens (including phenoxy) is 2. The lowest BCUT2D eigenvalue weighted by molar-refractivity contribution is 0.0526. The molecular weight excluding hydrogens is 414 g/mol. The zero-order chi connectivity index (χ0) is 21.8. The van der Waals surface area contributed by atoms with Gasteiger partial charge < -0.3 is 18.5 Å². The molecule has 0 amide bonds. The van der Waals surface area contributed by atoms with Crippen molar-refractivity contribution in [1.82, 2.24) is 14.8 Å². The van der Waals surface area contributed by atoms with Crippen LogP contribution in [0.25, 0.3) is 22.4 Å². The smallest absolute Gasteiger partial charge is 0.342 e. The molecule has 7 nitrogen and oxygen atoms in total. The summed E-state index contributed by atoms with van der Waals surface area (Å²) in [6.07, 6.45) is 0. The summed E-state index contributed by atoms with van der Waals surface area (Å²) in [6.45, 7) is 4.82. The Morgan fingerprint density at radius 3 is 2.65 bits per heavy atom. The second kappa shape index (κ2) is 9.26. The summed E-state index contributed by atoms with van der Waals surface area (Å²) in [4.78, 5) is 12.6. The number of fused-ring (bicyclic) bond motifs is 1. The summed E-state index contributed by atoms with van der Waals surface area (Å²) in [6, 6.07) is 15.2. The maximum absolute atomic E-state index is 12.6. The maximum atomic E-state index is 12.6. The average molecular weight is 438 g/mol. The molecule has 0 radical (unpaired) electrons. The molecule has 8 heteroatoms. The molecule has 0 saturated carbocycles. The predicted octanol–water partition coefficient (Wildman–Crippen LogP) is 5.19. The van der Waals surface area contributed by atoms with Crippen LogP contribution < -0.4 is 4.74 Å². The Morgan fingerprint density at radius 2 is 1.87 bits per heavy atom. The molecule has 4 rings (SSSR count). The molecule has 31 heavy (non-hydrogen) atoms. The van der Waals surface area contributed by atoms with Gasteiger partial charge in [-0.2, -0.15) is 0 Å². The summed E-state index contributed by atoms with van der Waals surface area (Å²) >= 11 is 1.47. The van der Waals surface area contributed by atoms with Gasteiger partial charge in [0.05, 0.1) is 25.0 Å². The van der Waals surface area contributed by atoms with Gasteiger partial charge in [0.1, 0.15) is 22.7 Å². The van der Waals surface area contributed by atoms with Gasteiger partial charge in [0.2, 0.25) is 0 Å². The fourth-order valence-corrected chi connectivity index (χ4v) is 4.40. The minimum absolute atomic E-state index is 0.303. The van der Waals surface area contributed by atoms with E-state index in [-0.39, 0.29) is 5.97 Å². The van der Waals surface area contributed by atoms with Gasteiger partial charge in [-0.1, -0.05) is 42.1 Å². The van der Waals surface area contributed by atoms with E-state index in [9.17, 15) is 4.79 Å². The van der Waals surface area contributed by atoms with Crippen molar-refractivity contribution >= 4 is 28.7 Å². The van der Waals surface area contributed by atoms with Crippen LogP contribution in [0.5, 0.6) is 5.75 Å². The Labute approximate surface area is 184 Å². The van der Waals surface area contributed by atoms with Crippen molar-refractivity contribution in [1.29, 1.82) is 0 Å². The molecule has 0 bridgehead atoms. The largest absolute Gasteiger partial charge is 0.496 e. The first kappa shape index (κ1) is 21.0. The zero-order valence-corrected chi connectivity index (χ0v) is 18.4. The third kappa shape index (κ3) is 4.03. The average Bonchev–Trinajstić information content (AvgIpc) is 3.38. The van der Waals surface area contributed by atoms with Crippen LogP contribution in [0.3, 0.4) is 0 Å². The fraction of sp³-hybridized carbons (Fsp3) is 0.261. The van der Waals surface area contributed by atoms with Gasteiger partial charge in [-0.25, -0.2) is 4.79 Å². The minimum Gasteiger partial charge on any atom is -0.496 e. The molecule has 0 fully saturated rings. The third-order valence-corrected chi connectivity index (χ3v) is 5.83. The number of furan rings is 1. The highest BCUT2D eigenvalue weighted by Gasteiger charge is 2.23. The van der Waals surface area contributed by atoms with Crippen LogP contribution in [-0.2, 0) is 17.0 Å². The van der Waals surface area contributed by atoms with E-state index in [2.05, 4.69) is 10.2 Å². The van der Waals surface area contributed by atoms with E-state index in [1.807, 2.05) is 60.0 Å². The number of nitrogens with zero attached hydrogens (tertiary/aromatic N) is 3. The van der Waals surface area contributed by atoms with Crippen molar-refractivity contribution in [3.8, 4) is 17.1 Å². The Morgan fingerprint density at radius 1 is 1.10 bits per heavy atom. The van der Waals surface area contributed by atoms with Crippen LogP contribution in [0.1, 0.15) is 30.0 Å². The highest BCUT2D eigenvalue weighted by Crippen LogP contribution is 2.34. The number of benzene rings is 2. The number of hydrogen-bond acceptors (Lipinski definition) is 7. The second-order valence-electron chi connectivity index (χ2n) is 6.66. The number of rotatable bonds is 8. The number of carbonyl (C=O) groups is 1. The van der Waals surface area contributed by atoms with Crippen LogP contribution in [-0.4, -0.2) is 34.5 Å². The fourth-order valence-electron chi connectivity index (χ4n) is 3.46. The first-order valence-electron chi connectivity index (χ1n) is 10.0. The molecule has 0 atom stereocenters. The molecule has 4 aromatic rings. The van der Waals surface area contributed by atoms with E-state index >= 15 is 0 Å². The summed E-state index contributed by atoms with van der Waals surface area (Å²) in [5, 5.41) is 10.3. The number of aromatic nitrogens is 3. The number of hydrogen-bond donors (Lipinski definition) is 0. The summed E-state index contributed by atoms with van der Waals surface area (Å²) in [7, 11) is 1.64. The van der Waals surface area contributed by atoms with Crippen LogP contribution in [0.15, 0.2) is 58.1 Å². The van der Waals surface area contributed by atoms with Crippen LogP contribution in [0.4, 0.5) is 0 Å². The summed E-state index contributed by atoms with van der Waals surface area (Å²) in [5.74, 6) is 2.08. The van der Waals surface area contributed by atoms with Gasteiger partial charge >= 0.3 is 5.97 Å². The molecular formula is C23H23N3O4S. The molecule has 0 aliphatic heterocycles. The molecule has 160 valence electrons. The van der Waals surface area contributed by atoms with Gasteiger partial charge in [-0.3, -0.25) is 0 Å². The lowest BCUT2D eigenvalue weighted by Gasteiger charge is -2.10. The van der Waals surface area contributed by atoms with Gasteiger partial charge in [-0.05, 0) is 32.0 Å². The van der Waals surface area contributed by atoms with Gasteiger partial charge in [-0.15, -0.1) is 10.2 Å². The van der Waals surface area contributed by atoms with E-state index in [1.165, 1.54) is 11.8 Å². The highest BCUT2D eigenvalue weighted by molar-refractivity contribution is 7.98. The highest BCUT2D eigenvalue weighted by atomic mass is 32.2. The normalized spacial score (nSPS) is 11.1. The van der Waals surface area contributed by atoms with E-state index in [4.69, 9.17) is 13.9 Å². The standard InChI is InChI=1S/C23H23N3O4S/c1-4-26-21(16-11-7-8-12-17(16)28-3)24-25-23(26)31-14-19-20(22(27)29-5-2)15-10-6-9-13-18(15)30-19/h6-13H,4-5,14H2,1-3H3. The molecule has 0 spiro atoms. The van der Waals surface area contributed by atoms with Gasteiger partial charge in [0, 0.05) is 11.9 Å². The van der Waals surface area contributed by atoms with Crippen molar-refractivity contribution < 1.29 is 18.7 Å². The minimum atomic E-state index is -0.380. The first-order valence-corrected chi connectivity index (χ1v) is 11.0. The Kier molecular flexibility index (Phi) is 6.27. The Hall–Kier alpha value is -3.26. The van der Waals surface area contributed by atoms with E-state index in [0.717, 1.165) is 27.7 Å². The molecule has 0 aliphatic rings. The molecule has 0 saturated heterocycles. The first-order chi connectivity index (χ1) is 15.2. The number of esters is 1. The Balaban J connectivity index is 1.66. The molecule has 2 heterocycles. The number of thioether (sulfide) groups is 1. The number of methoxy groups -OCH3 is 1. The third-order valence-electron chi connectivity index (χ3n) is 4.86. The lowest BCUT2D eigenvalue weighted by atomic mass is 10.1. The van der Waals surface area contributed by atoms with Crippen molar-refractivity contribution in [2.75, 3.05) is 13.7 Å². The molecule has 2 aromatic heterocycles. The van der Waals surface area contributed by atoms with Crippen LogP contribution >= 0.6 is 11.8 Å². The SMILES string of the molecule is CCOC(=O)c1c(CSc2nnc(-c3ccccc3OC)n2CC)oc2ccccc12. The van der Waals surface area contributed by atoms with E-state index < -0.39 is 0 Å². The van der Waals surface area contributed by atoms with Crippen molar-refractivity contribution in [2.45, 2.75) is 31.3 Å². The zero-order valence-electron chi connectivity index (χ0n) is 17.6. The molecule has 0 unspecified atom stereocenters. The van der Waals surface area contributed by atoms with E-state index in [1.54, 1.807) is 14.0 Å². The van der Waals surface area contributed by atoms with Crippen LogP contribution in [0, 0.1) is 0 Å². The van der Waals surface area contributed by atoms with Crippen molar-refractivity contribution in [2.24, 2.45) is 0 Å². The summed E-state index contributed by atoms with van der Waals surface area (Å²) < 4.78 is 18.8. The van der Waals surface area contributed by atoms with Crippen molar-refractivity contribution in [3.63, 3.8) is 0 Å². The maximum Gasteiger partial charge on any atom is 0.342 e. The van der Waals surface area contributed by atoms with Gasteiger partial charge in [0.25, 0.3) is 0 Å². The van der Waals surface area contributed by atoms with E-state index in [0.29, 0.717) is 35.8 Å². The predicted molar refractivity (Wildman–Crippen MR) is 119 cm³/mol. The molecule has 0 N–H and O–H groups in total. The molecule has 0 aliphatic carbocycles. The quantitative estimate of drug-likeness (QED) is 0.277. The summed E-state index contributed by atoms with van der Waals surface area (Å²) in [5.41, 5.74) is 2.01. The monoisotopic (exact) mass is 437 g/mol. The number of carbonyl (C=O) groups excluding carboxylic acids is 1.